The normalized spacial score (nSPS) is 12.3. The number of rotatable bonds is 4. The van der Waals surface area contributed by atoms with E-state index in [1.165, 1.54) is 0 Å². The zero-order chi connectivity index (χ0) is 16.3. The number of carbonyl (C=O) groups excluding carboxylic acids is 1. The molecule has 2 aromatic carbocycles. The number of anilines is 1. The molecule has 0 aromatic heterocycles. The van der Waals surface area contributed by atoms with Gasteiger partial charge in [0.1, 0.15) is 0 Å². The van der Waals surface area contributed by atoms with Gasteiger partial charge >= 0.3 is 0 Å². The van der Waals surface area contributed by atoms with Crippen molar-refractivity contribution in [1.29, 1.82) is 0 Å². The monoisotopic (exact) mass is 379 g/mol. The zero-order valence-corrected chi connectivity index (χ0v) is 15.2. The smallest absolute Gasteiger partial charge is 0.232 e. The lowest BCUT2D eigenvalue weighted by atomic mass is 9.87. The van der Waals surface area contributed by atoms with Gasteiger partial charge in [0.05, 0.1) is 5.92 Å². The molecule has 0 radical (unpaired) electrons. The highest BCUT2D eigenvalue weighted by molar-refractivity contribution is 9.10. The van der Waals surface area contributed by atoms with E-state index in [1.54, 1.807) is 0 Å². The highest BCUT2D eigenvalue weighted by Crippen LogP contribution is 2.28. The first-order valence-corrected chi connectivity index (χ1v) is 8.38. The number of hydrogen-bond donors (Lipinski definition) is 1. The predicted octanol–water partition coefficient (Wildman–Crippen LogP) is 5.79. The van der Waals surface area contributed by atoms with Crippen LogP contribution in [0.1, 0.15) is 30.9 Å². The predicted molar refractivity (Wildman–Crippen MR) is 96.5 cm³/mol. The summed E-state index contributed by atoms with van der Waals surface area (Å²) in [6.45, 7) is 6.08. The van der Waals surface area contributed by atoms with Crippen LogP contribution in [0.4, 0.5) is 5.69 Å². The summed E-state index contributed by atoms with van der Waals surface area (Å²) in [6, 6.07) is 13.3. The van der Waals surface area contributed by atoms with Gasteiger partial charge in [-0.05, 0) is 54.3 Å². The molecule has 0 spiro atoms. The van der Waals surface area contributed by atoms with Crippen LogP contribution in [0.5, 0.6) is 0 Å². The summed E-state index contributed by atoms with van der Waals surface area (Å²) >= 11 is 9.37. The summed E-state index contributed by atoms with van der Waals surface area (Å²) in [7, 11) is 0. The number of halogens is 2. The third-order valence-corrected chi connectivity index (χ3v) is 4.37. The topological polar surface area (TPSA) is 29.1 Å². The third kappa shape index (κ3) is 4.11. The Morgan fingerprint density at radius 1 is 1.14 bits per heavy atom. The molecule has 0 aliphatic carbocycles. The van der Waals surface area contributed by atoms with Crippen molar-refractivity contribution in [2.24, 2.45) is 5.92 Å². The first-order chi connectivity index (χ1) is 10.4. The van der Waals surface area contributed by atoms with Gasteiger partial charge in [-0.25, -0.2) is 0 Å². The number of amides is 1. The number of aryl methyl sites for hydroxylation is 1. The van der Waals surface area contributed by atoms with Gasteiger partial charge < -0.3 is 5.32 Å². The molecular formula is C18H19BrClNO. The Kier molecular flexibility index (Phi) is 5.65. The number of nitrogens with one attached hydrogen (secondary N) is 1. The molecular weight excluding hydrogens is 362 g/mol. The molecule has 116 valence electrons. The molecule has 2 nitrogen and oxygen atoms in total. The van der Waals surface area contributed by atoms with Gasteiger partial charge in [0.15, 0.2) is 0 Å². The number of benzene rings is 2. The maximum absolute atomic E-state index is 12.7. The lowest BCUT2D eigenvalue weighted by Gasteiger charge is -2.21. The van der Waals surface area contributed by atoms with Gasteiger partial charge in [0, 0.05) is 15.2 Å². The quantitative estimate of drug-likeness (QED) is 0.714. The second-order valence-electron chi connectivity index (χ2n) is 5.72. The van der Waals surface area contributed by atoms with E-state index < -0.39 is 0 Å². The molecule has 4 heteroatoms. The average molecular weight is 381 g/mol. The summed E-state index contributed by atoms with van der Waals surface area (Å²) < 4.78 is 1.00. The lowest BCUT2D eigenvalue weighted by molar-refractivity contribution is -0.118. The summed E-state index contributed by atoms with van der Waals surface area (Å²) in [5, 5.41) is 3.72. The second kappa shape index (κ2) is 7.30. The Morgan fingerprint density at radius 2 is 1.77 bits per heavy atom. The van der Waals surface area contributed by atoms with Crippen LogP contribution < -0.4 is 5.32 Å². The molecule has 0 bridgehead atoms. The highest BCUT2D eigenvalue weighted by atomic mass is 79.9. The van der Waals surface area contributed by atoms with Crippen molar-refractivity contribution in [2.45, 2.75) is 26.7 Å². The van der Waals surface area contributed by atoms with Crippen LogP contribution >= 0.6 is 27.5 Å². The average Bonchev–Trinajstić information content (AvgIpc) is 2.44. The molecule has 1 atom stereocenters. The fourth-order valence-corrected chi connectivity index (χ4v) is 3.09. The van der Waals surface area contributed by atoms with Crippen molar-refractivity contribution in [3.8, 4) is 0 Å². The Morgan fingerprint density at radius 3 is 2.32 bits per heavy atom. The van der Waals surface area contributed by atoms with E-state index in [9.17, 15) is 4.79 Å². The molecule has 0 fully saturated rings. The Bertz CT molecular complexity index is 667. The Labute approximate surface area is 145 Å². The Hall–Kier alpha value is -1.32. The molecule has 2 aromatic rings. The van der Waals surface area contributed by atoms with Crippen LogP contribution in [-0.4, -0.2) is 5.91 Å². The van der Waals surface area contributed by atoms with E-state index in [1.807, 2.05) is 63.2 Å². The van der Waals surface area contributed by atoms with Crippen molar-refractivity contribution < 1.29 is 4.79 Å². The molecule has 0 aliphatic heterocycles. The maximum Gasteiger partial charge on any atom is 0.232 e. The van der Waals surface area contributed by atoms with Gasteiger partial charge in [-0.2, -0.15) is 0 Å². The van der Waals surface area contributed by atoms with E-state index in [4.69, 9.17) is 11.6 Å². The van der Waals surface area contributed by atoms with Crippen LogP contribution in [0.3, 0.4) is 0 Å². The number of hydrogen-bond acceptors (Lipinski definition) is 1. The largest absolute Gasteiger partial charge is 0.325 e. The molecule has 22 heavy (non-hydrogen) atoms. The van der Waals surface area contributed by atoms with Gasteiger partial charge in [0.25, 0.3) is 0 Å². The molecule has 1 amide bonds. The fourth-order valence-electron chi connectivity index (χ4n) is 2.49. The van der Waals surface area contributed by atoms with E-state index in [0.717, 1.165) is 21.3 Å². The van der Waals surface area contributed by atoms with Crippen molar-refractivity contribution in [3.05, 3.63) is 63.1 Å². The summed E-state index contributed by atoms with van der Waals surface area (Å²) in [5.74, 6) is -0.0139. The minimum Gasteiger partial charge on any atom is -0.325 e. The highest BCUT2D eigenvalue weighted by Gasteiger charge is 2.24. The third-order valence-electron chi connectivity index (χ3n) is 3.62. The van der Waals surface area contributed by atoms with Crippen molar-refractivity contribution in [2.75, 3.05) is 5.32 Å². The molecule has 0 aliphatic rings. The van der Waals surface area contributed by atoms with Gasteiger partial charge in [-0.3, -0.25) is 4.79 Å². The second-order valence-corrected chi connectivity index (χ2v) is 7.07. The molecule has 0 heterocycles. The summed E-state index contributed by atoms with van der Waals surface area (Å²) in [5.41, 5.74) is 2.85. The minimum atomic E-state index is -0.208. The van der Waals surface area contributed by atoms with Crippen molar-refractivity contribution in [1.82, 2.24) is 0 Å². The first kappa shape index (κ1) is 17.0. The van der Waals surface area contributed by atoms with Crippen LogP contribution in [0.15, 0.2) is 46.9 Å². The summed E-state index contributed by atoms with van der Waals surface area (Å²) in [4.78, 5) is 12.7. The standard InChI is InChI=1S/C18H19BrClNO/c1-11(2)17(13-4-7-15(20)8-5-13)18(22)21-16-9-6-14(19)10-12(16)3/h4-11,17H,1-3H3,(H,21,22). The van der Waals surface area contributed by atoms with Gasteiger partial charge in [0.2, 0.25) is 5.91 Å². The van der Waals surface area contributed by atoms with Gasteiger partial charge in [-0.1, -0.05) is 53.5 Å². The lowest BCUT2D eigenvalue weighted by Crippen LogP contribution is -2.25. The first-order valence-electron chi connectivity index (χ1n) is 7.21. The molecule has 0 saturated heterocycles. The van der Waals surface area contributed by atoms with E-state index in [2.05, 4.69) is 21.2 Å². The maximum atomic E-state index is 12.7. The fraction of sp³-hybridized carbons (Fsp3) is 0.278. The Balaban J connectivity index is 2.25. The van der Waals surface area contributed by atoms with Crippen LogP contribution in [0.25, 0.3) is 0 Å². The van der Waals surface area contributed by atoms with Crippen LogP contribution in [0, 0.1) is 12.8 Å². The number of carbonyl (C=O) groups is 1. The molecule has 0 saturated carbocycles. The molecule has 1 N–H and O–H groups in total. The van der Waals surface area contributed by atoms with E-state index in [-0.39, 0.29) is 17.7 Å². The van der Waals surface area contributed by atoms with E-state index >= 15 is 0 Å². The van der Waals surface area contributed by atoms with Crippen LogP contribution in [0.2, 0.25) is 5.02 Å². The summed E-state index contributed by atoms with van der Waals surface area (Å²) in [6.07, 6.45) is 0. The van der Waals surface area contributed by atoms with Gasteiger partial charge in [-0.15, -0.1) is 0 Å². The molecule has 1 unspecified atom stereocenters. The SMILES string of the molecule is Cc1cc(Br)ccc1NC(=O)C(c1ccc(Cl)cc1)C(C)C. The van der Waals surface area contributed by atoms with Crippen molar-refractivity contribution >= 4 is 39.1 Å². The van der Waals surface area contributed by atoms with Crippen LogP contribution in [-0.2, 0) is 4.79 Å². The molecule has 2 rings (SSSR count). The zero-order valence-electron chi connectivity index (χ0n) is 12.9. The minimum absolute atomic E-state index is 0.00254. The van der Waals surface area contributed by atoms with E-state index in [0.29, 0.717) is 5.02 Å². The van der Waals surface area contributed by atoms with Crippen molar-refractivity contribution in [3.63, 3.8) is 0 Å².